The van der Waals surface area contributed by atoms with Crippen molar-refractivity contribution in [3.05, 3.63) is 34.9 Å². The van der Waals surface area contributed by atoms with Crippen LogP contribution < -0.4 is 0 Å². The van der Waals surface area contributed by atoms with E-state index in [1.165, 1.54) is 0 Å². The van der Waals surface area contributed by atoms with Crippen LogP contribution in [0, 0.1) is 11.3 Å². The quantitative estimate of drug-likeness (QED) is 0.617. The molecule has 2 rings (SSSR count). The number of hydrogen-bond donors (Lipinski definition) is 0. The van der Waals surface area contributed by atoms with Crippen LogP contribution in [0.25, 0.3) is 0 Å². The maximum Gasteiger partial charge on any atom is 0.158 e. The topological polar surface area (TPSA) is 57.9 Å². The molecule has 4 heteroatoms. The third kappa shape index (κ3) is 1.43. The first-order valence-electron chi connectivity index (χ1n) is 3.83. The van der Waals surface area contributed by atoms with Crippen LogP contribution in [0.4, 0.5) is 0 Å². The van der Waals surface area contributed by atoms with Gasteiger partial charge in [0.25, 0.3) is 0 Å². The van der Waals surface area contributed by atoms with Gasteiger partial charge in [0.05, 0.1) is 23.1 Å². The summed E-state index contributed by atoms with van der Waals surface area (Å²) < 4.78 is 22.4. The lowest BCUT2D eigenvalue weighted by molar-refractivity contribution is 0.598. The zero-order chi connectivity index (χ0) is 9.47. The number of sulfone groups is 1. The molecule has 1 aromatic carbocycles. The number of nitriles is 1. The smallest absolute Gasteiger partial charge is 0.158 e. The Morgan fingerprint density at radius 3 is 2.62 bits per heavy atom. The van der Waals surface area contributed by atoms with E-state index in [1.54, 1.807) is 18.2 Å². The van der Waals surface area contributed by atoms with Crippen LogP contribution in [0.3, 0.4) is 0 Å². The highest BCUT2D eigenvalue weighted by atomic mass is 32.2. The summed E-state index contributed by atoms with van der Waals surface area (Å²) in [6, 6.07) is 7.01. The molecular formula is C9H7NO2S. The molecule has 0 amide bonds. The van der Waals surface area contributed by atoms with E-state index in [9.17, 15) is 8.42 Å². The Morgan fingerprint density at radius 2 is 1.92 bits per heavy atom. The zero-order valence-electron chi connectivity index (χ0n) is 6.82. The molecule has 1 aliphatic heterocycles. The van der Waals surface area contributed by atoms with Crippen molar-refractivity contribution in [1.82, 2.24) is 0 Å². The fourth-order valence-corrected chi connectivity index (χ4v) is 3.10. The largest absolute Gasteiger partial charge is 0.228 e. The van der Waals surface area contributed by atoms with Crippen molar-refractivity contribution >= 4 is 9.84 Å². The molecule has 0 N–H and O–H groups in total. The van der Waals surface area contributed by atoms with Gasteiger partial charge in [-0.3, -0.25) is 0 Å². The van der Waals surface area contributed by atoms with Crippen molar-refractivity contribution in [2.75, 3.05) is 0 Å². The van der Waals surface area contributed by atoms with Crippen molar-refractivity contribution in [3.63, 3.8) is 0 Å². The molecule has 0 bridgehead atoms. The Morgan fingerprint density at radius 1 is 1.23 bits per heavy atom. The van der Waals surface area contributed by atoms with Crippen LogP contribution in [0.5, 0.6) is 0 Å². The molecular weight excluding hydrogens is 186 g/mol. The molecule has 1 aromatic rings. The number of rotatable bonds is 0. The number of hydrogen-bond acceptors (Lipinski definition) is 3. The molecule has 0 atom stereocenters. The molecule has 3 nitrogen and oxygen atoms in total. The highest BCUT2D eigenvalue weighted by Crippen LogP contribution is 2.25. The van der Waals surface area contributed by atoms with Crippen LogP contribution >= 0.6 is 0 Å². The fourth-order valence-electron chi connectivity index (χ4n) is 1.50. The van der Waals surface area contributed by atoms with E-state index < -0.39 is 9.84 Å². The second-order valence-electron chi connectivity index (χ2n) is 3.13. The average Bonchev–Trinajstić information content (AvgIpc) is 2.36. The normalized spacial score (nSPS) is 17.8. The molecule has 1 heterocycles. The van der Waals surface area contributed by atoms with Crippen LogP contribution in [-0.4, -0.2) is 8.42 Å². The maximum absolute atomic E-state index is 11.2. The van der Waals surface area contributed by atoms with Gasteiger partial charge in [0.2, 0.25) is 0 Å². The fraction of sp³-hybridized carbons (Fsp3) is 0.222. The van der Waals surface area contributed by atoms with Gasteiger partial charge in [0.15, 0.2) is 9.84 Å². The van der Waals surface area contributed by atoms with E-state index in [4.69, 9.17) is 5.26 Å². The van der Waals surface area contributed by atoms with E-state index >= 15 is 0 Å². The van der Waals surface area contributed by atoms with Crippen molar-refractivity contribution in [2.45, 2.75) is 11.5 Å². The first kappa shape index (κ1) is 8.27. The van der Waals surface area contributed by atoms with E-state index in [1.807, 2.05) is 6.07 Å². The SMILES string of the molecule is N#Cc1ccc2c(c1)CS(=O)(=O)C2. The van der Waals surface area contributed by atoms with Gasteiger partial charge in [-0.05, 0) is 23.3 Å². The third-order valence-electron chi connectivity index (χ3n) is 2.09. The first-order valence-corrected chi connectivity index (χ1v) is 5.65. The predicted octanol–water partition coefficient (Wildman–Crippen LogP) is 0.987. The third-order valence-corrected chi connectivity index (χ3v) is 3.59. The zero-order valence-corrected chi connectivity index (χ0v) is 7.63. The molecule has 0 aliphatic carbocycles. The lowest BCUT2D eigenvalue weighted by Crippen LogP contribution is -1.95. The van der Waals surface area contributed by atoms with Gasteiger partial charge in [0, 0.05) is 0 Å². The first-order chi connectivity index (χ1) is 6.11. The molecule has 0 radical (unpaired) electrons. The summed E-state index contributed by atoms with van der Waals surface area (Å²) in [6.45, 7) is 0. The molecule has 13 heavy (non-hydrogen) atoms. The van der Waals surface area contributed by atoms with Crippen LogP contribution in [0.15, 0.2) is 18.2 Å². The molecule has 0 saturated heterocycles. The van der Waals surface area contributed by atoms with Gasteiger partial charge in [-0.15, -0.1) is 0 Å². The van der Waals surface area contributed by atoms with Gasteiger partial charge in [-0.2, -0.15) is 5.26 Å². The summed E-state index contributed by atoms with van der Waals surface area (Å²) in [4.78, 5) is 0. The lowest BCUT2D eigenvalue weighted by atomic mass is 10.1. The maximum atomic E-state index is 11.2. The van der Waals surface area contributed by atoms with Gasteiger partial charge < -0.3 is 0 Å². The number of benzene rings is 1. The standard InChI is InChI=1S/C9H7NO2S/c10-4-7-1-2-8-5-13(11,12)6-9(8)3-7/h1-3H,5-6H2. The van der Waals surface area contributed by atoms with E-state index in [0.717, 1.165) is 11.1 Å². The second kappa shape index (κ2) is 2.57. The monoisotopic (exact) mass is 193 g/mol. The minimum atomic E-state index is -2.94. The van der Waals surface area contributed by atoms with Crippen molar-refractivity contribution in [2.24, 2.45) is 0 Å². The van der Waals surface area contributed by atoms with Gasteiger partial charge >= 0.3 is 0 Å². The summed E-state index contributed by atoms with van der Waals surface area (Å²) in [5.41, 5.74) is 2.13. The van der Waals surface area contributed by atoms with Crippen LogP contribution in [0.1, 0.15) is 16.7 Å². The summed E-state index contributed by atoms with van der Waals surface area (Å²) >= 11 is 0. The van der Waals surface area contributed by atoms with Crippen molar-refractivity contribution < 1.29 is 8.42 Å². The Bertz CT molecular complexity index is 497. The minimum Gasteiger partial charge on any atom is -0.228 e. The Kier molecular flexibility index (Phi) is 1.64. The molecule has 0 fully saturated rings. The van der Waals surface area contributed by atoms with Gasteiger partial charge in [-0.25, -0.2) is 8.42 Å². The van der Waals surface area contributed by atoms with Crippen LogP contribution in [-0.2, 0) is 21.3 Å². The Balaban J connectivity index is 2.55. The highest BCUT2D eigenvalue weighted by Gasteiger charge is 2.24. The molecule has 0 aromatic heterocycles. The summed E-state index contributed by atoms with van der Waals surface area (Å²) in [6.07, 6.45) is 0. The minimum absolute atomic E-state index is 0.0812. The molecule has 0 saturated carbocycles. The van der Waals surface area contributed by atoms with E-state index in [2.05, 4.69) is 0 Å². The average molecular weight is 193 g/mol. The number of fused-ring (bicyclic) bond motifs is 1. The van der Waals surface area contributed by atoms with Gasteiger partial charge in [-0.1, -0.05) is 6.07 Å². The van der Waals surface area contributed by atoms with E-state index in [0.29, 0.717) is 5.56 Å². The summed E-state index contributed by atoms with van der Waals surface area (Å²) in [5.74, 6) is 0.200. The van der Waals surface area contributed by atoms with Crippen molar-refractivity contribution in [3.8, 4) is 6.07 Å². The van der Waals surface area contributed by atoms with Crippen LogP contribution in [0.2, 0.25) is 0 Å². The Labute approximate surface area is 76.5 Å². The summed E-state index contributed by atoms with van der Waals surface area (Å²) in [5, 5.41) is 8.60. The lowest BCUT2D eigenvalue weighted by Gasteiger charge is -1.94. The molecule has 1 aliphatic rings. The summed E-state index contributed by atoms with van der Waals surface area (Å²) in [7, 11) is -2.94. The van der Waals surface area contributed by atoms with Crippen molar-refractivity contribution in [1.29, 1.82) is 5.26 Å². The molecule has 66 valence electrons. The molecule has 0 spiro atoms. The Hall–Kier alpha value is -1.34. The highest BCUT2D eigenvalue weighted by molar-refractivity contribution is 7.90. The van der Waals surface area contributed by atoms with Gasteiger partial charge in [0.1, 0.15) is 0 Å². The van der Waals surface area contributed by atoms with E-state index in [-0.39, 0.29) is 11.5 Å². The number of nitrogens with zero attached hydrogens (tertiary/aromatic N) is 1. The molecule has 0 unspecified atom stereocenters. The predicted molar refractivity (Wildman–Crippen MR) is 47.5 cm³/mol. The second-order valence-corrected chi connectivity index (χ2v) is 5.19.